The maximum absolute atomic E-state index is 12.1. The molecule has 0 heterocycles. The Morgan fingerprint density at radius 3 is 2.58 bits per heavy atom. The predicted molar refractivity (Wildman–Crippen MR) is 103 cm³/mol. The van der Waals surface area contributed by atoms with E-state index in [-0.39, 0.29) is 12.5 Å². The summed E-state index contributed by atoms with van der Waals surface area (Å²) in [4.78, 5) is 12.1. The molecule has 1 aliphatic rings. The van der Waals surface area contributed by atoms with Gasteiger partial charge in [-0.25, -0.2) is 0 Å². The van der Waals surface area contributed by atoms with Crippen LogP contribution in [0, 0.1) is 5.92 Å². The zero-order valence-corrected chi connectivity index (χ0v) is 15.3. The Hall–Kier alpha value is -2.53. The van der Waals surface area contributed by atoms with Crippen molar-refractivity contribution in [3.8, 4) is 11.5 Å². The summed E-state index contributed by atoms with van der Waals surface area (Å²) < 4.78 is 11.4. The molecule has 0 aliphatic heterocycles. The minimum atomic E-state index is -0.202. The fourth-order valence-electron chi connectivity index (χ4n) is 2.77. The summed E-state index contributed by atoms with van der Waals surface area (Å²) in [6.45, 7) is 5.47. The van der Waals surface area contributed by atoms with Crippen molar-refractivity contribution in [1.29, 1.82) is 0 Å². The lowest BCUT2D eigenvalue weighted by Crippen LogP contribution is -2.20. The minimum Gasteiger partial charge on any atom is -0.490 e. The first-order valence-corrected chi connectivity index (χ1v) is 9.12. The van der Waals surface area contributed by atoms with E-state index in [0.717, 1.165) is 23.7 Å². The molecule has 1 saturated carbocycles. The molecule has 138 valence electrons. The number of carbonyl (C=O) groups is 1. The van der Waals surface area contributed by atoms with Crippen molar-refractivity contribution in [3.63, 3.8) is 0 Å². The van der Waals surface area contributed by atoms with Crippen molar-refractivity contribution in [3.05, 3.63) is 54.1 Å². The molecule has 0 aromatic heterocycles. The molecule has 3 rings (SSSR count). The summed E-state index contributed by atoms with van der Waals surface area (Å²) >= 11 is 0. The van der Waals surface area contributed by atoms with Crippen molar-refractivity contribution < 1.29 is 14.3 Å². The summed E-state index contributed by atoms with van der Waals surface area (Å²) in [5.74, 6) is 1.82. The van der Waals surface area contributed by atoms with Crippen LogP contribution in [0.5, 0.6) is 11.5 Å². The van der Waals surface area contributed by atoms with Gasteiger partial charge in [0.05, 0.1) is 6.61 Å². The largest absolute Gasteiger partial charge is 0.490 e. The van der Waals surface area contributed by atoms with E-state index in [1.165, 1.54) is 6.42 Å². The number of rotatable bonds is 9. The first-order valence-electron chi connectivity index (χ1n) is 9.12. The molecule has 26 heavy (non-hydrogen) atoms. The van der Waals surface area contributed by atoms with Crippen LogP contribution in [0.2, 0.25) is 0 Å². The van der Waals surface area contributed by atoms with Gasteiger partial charge in [-0.1, -0.05) is 31.2 Å². The third-order valence-electron chi connectivity index (χ3n) is 4.40. The van der Waals surface area contributed by atoms with Crippen molar-refractivity contribution in [2.75, 3.05) is 18.5 Å². The summed E-state index contributed by atoms with van der Waals surface area (Å²) in [6, 6.07) is 15.8. The van der Waals surface area contributed by atoms with Gasteiger partial charge in [0, 0.05) is 18.3 Å². The molecule has 2 aromatic rings. The van der Waals surface area contributed by atoms with Crippen molar-refractivity contribution in [2.24, 2.45) is 5.92 Å². The molecule has 5 nitrogen and oxygen atoms in total. The Kier molecular flexibility index (Phi) is 6.12. The number of benzene rings is 2. The van der Waals surface area contributed by atoms with E-state index in [0.29, 0.717) is 24.1 Å². The molecular formula is C21H26N2O3. The highest BCUT2D eigenvalue weighted by Gasteiger charge is 2.31. The molecule has 1 amide bonds. The van der Waals surface area contributed by atoms with Crippen LogP contribution < -0.4 is 20.1 Å². The van der Waals surface area contributed by atoms with Crippen molar-refractivity contribution in [2.45, 2.75) is 32.9 Å². The zero-order chi connectivity index (χ0) is 18.4. The number of anilines is 1. The van der Waals surface area contributed by atoms with Gasteiger partial charge in [0.15, 0.2) is 18.1 Å². The van der Waals surface area contributed by atoms with Crippen LogP contribution in [0.4, 0.5) is 5.69 Å². The number of nitrogens with one attached hydrogen (secondary N) is 2. The lowest BCUT2D eigenvalue weighted by Gasteiger charge is -2.14. The number of amides is 1. The number of carbonyl (C=O) groups excluding carboxylic acids is 1. The maximum atomic E-state index is 12.1. The first-order chi connectivity index (χ1) is 12.7. The van der Waals surface area contributed by atoms with Crippen LogP contribution in [0.3, 0.4) is 0 Å². The zero-order valence-electron chi connectivity index (χ0n) is 15.3. The van der Waals surface area contributed by atoms with Crippen molar-refractivity contribution in [1.82, 2.24) is 5.32 Å². The number of hydrogen-bond acceptors (Lipinski definition) is 4. The Labute approximate surface area is 154 Å². The maximum Gasteiger partial charge on any atom is 0.262 e. The van der Waals surface area contributed by atoms with Crippen LogP contribution >= 0.6 is 0 Å². The van der Waals surface area contributed by atoms with E-state index >= 15 is 0 Å². The third kappa shape index (κ3) is 5.23. The fourth-order valence-corrected chi connectivity index (χ4v) is 2.77. The molecule has 2 atom stereocenters. The summed E-state index contributed by atoms with van der Waals surface area (Å²) in [5, 5.41) is 6.33. The fraction of sp³-hybridized carbons (Fsp3) is 0.381. The quantitative estimate of drug-likeness (QED) is 0.722. The van der Waals surface area contributed by atoms with Gasteiger partial charge in [-0.3, -0.25) is 4.79 Å². The van der Waals surface area contributed by atoms with Crippen LogP contribution in [0.1, 0.15) is 25.8 Å². The second-order valence-corrected chi connectivity index (χ2v) is 6.62. The van der Waals surface area contributed by atoms with Crippen LogP contribution in [0.15, 0.2) is 48.5 Å². The Balaban J connectivity index is 1.56. The lowest BCUT2D eigenvalue weighted by molar-refractivity contribution is -0.118. The topological polar surface area (TPSA) is 59.6 Å². The van der Waals surface area contributed by atoms with E-state index < -0.39 is 0 Å². The second-order valence-electron chi connectivity index (χ2n) is 6.62. The van der Waals surface area contributed by atoms with Gasteiger partial charge in [0.2, 0.25) is 0 Å². The van der Waals surface area contributed by atoms with E-state index in [1.54, 1.807) is 0 Å². The van der Waals surface area contributed by atoms with Crippen LogP contribution in [0.25, 0.3) is 0 Å². The summed E-state index contributed by atoms with van der Waals surface area (Å²) in [6.07, 6.45) is 1.25. The molecule has 0 spiro atoms. The SMILES string of the molecule is CCOc1cc(CNC2CC2C)ccc1OCC(=O)Nc1ccccc1. The van der Waals surface area contributed by atoms with Crippen molar-refractivity contribution >= 4 is 11.6 Å². The van der Waals surface area contributed by atoms with Gasteiger partial charge < -0.3 is 20.1 Å². The molecule has 0 saturated heterocycles. The highest BCUT2D eigenvalue weighted by atomic mass is 16.5. The summed E-state index contributed by atoms with van der Waals surface area (Å²) in [7, 11) is 0. The standard InChI is InChI=1S/C21H26N2O3/c1-3-25-20-12-16(13-22-18-11-15(18)2)9-10-19(20)26-14-21(24)23-17-7-5-4-6-8-17/h4-10,12,15,18,22H,3,11,13-14H2,1-2H3,(H,23,24). The molecule has 2 unspecified atom stereocenters. The highest BCUT2D eigenvalue weighted by molar-refractivity contribution is 5.91. The number of ether oxygens (including phenoxy) is 2. The normalized spacial score (nSPS) is 18.2. The molecule has 1 fully saturated rings. The molecule has 0 radical (unpaired) electrons. The molecule has 0 bridgehead atoms. The first kappa shape index (κ1) is 18.3. The number of para-hydroxylation sites is 1. The highest BCUT2D eigenvalue weighted by Crippen LogP contribution is 2.31. The molecular weight excluding hydrogens is 328 g/mol. The van der Waals surface area contributed by atoms with Gasteiger partial charge in [0.25, 0.3) is 5.91 Å². The smallest absolute Gasteiger partial charge is 0.262 e. The monoisotopic (exact) mass is 354 g/mol. The molecule has 1 aliphatic carbocycles. The van der Waals surface area contributed by atoms with E-state index in [2.05, 4.69) is 17.6 Å². The Morgan fingerprint density at radius 1 is 1.12 bits per heavy atom. The van der Waals surface area contributed by atoms with Gasteiger partial charge >= 0.3 is 0 Å². The minimum absolute atomic E-state index is 0.0633. The lowest BCUT2D eigenvalue weighted by atomic mass is 10.2. The van der Waals surface area contributed by atoms with Crippen LogP contribution in [-0.2, 0) is 11.3 Å². The van der Waals surface area contributed by atoms with Gasteiger partial charge in [-0.05, 0) is 49.1 Å². The van der Waals surface area contributed by atoms with E-state index in [4.69, 9.17) is 9.47 Å². The van der Waals surface area contributed by atoms with Crippen LogP contribution in [-0.4, -0.2) is 25.2 Å². The summed E-state index contributed by atoms with van der Waals surface area (Å²) in [5.41, 5.74) is 1.90. The van der Waals surface area contributed by atoms with E-state index in [9.17, 15) is 4.79 Å². The Bertz CT molecular complexity index is 733. The average Bonchev–Trinajstić information content (AvgIpc) is 3.35. The molecule has 2 aromatic carbocycles. The Morgan fingerprint density at radius 2 is 1.88 bits per heavy atom. The van der Waals surface area contributed by atoms with E-state index in [1.807, 2.05) is 55.5 Å². The average molecular weight is 354 g/mol. The second kappa shape index (κ2) is 8.72. The van der Waals surface area contributed by atoms with Gasteiger partial charge in [-0.2, -0.15) is 0 Å². The third-order valence-corrected chi connectivity index (χ3v) is 4.40. The predicted octanol–water partition coefficient (Wildman–Crippen LogP) is 3.60. The molecule has 2 N–H and O–H groups in total. The van der Waals surface area contributed by atoms with Gasteiger partial charge in [0.1, 0.15) is 0 Å². The number of hydrogen-bond donors (Lipinski definition) is 2. The molecule has 5 heteroatoms. The van der Waals surface area contributed by atoms with Gasteiger partial charge in [-0.15, -0.1) is 0 Å².